The van der Waals surface area contributed by atoms with Gasteiger partial charge in [-0.2, -0.15) is 0 Å². The summed E-state index contributed by atoms with van der Waals surface area (Å²) >= 11 is 0. The minimum absolute atomic E-state index is 0.319. The van der Waals surface area contributed by atoms with Crippen LogP contribution < -0.4 is 0 Å². The molecule has 7 heavy (non-hydrogen) atoms. The average Bonchev–Trinajstić information content (AvgIpc) is 1.75. The van der Waals surface area contributed by atoms with Crippen LogP contribution in [-0.2, 0) is 4.70 Å². The molecule has 1 N–H and O–H groups in total. The van der Waals surface area contributed by atoms with Crippen molar-refractivity contribution in [2.75, 3.05) is 0 Å². The molecule has 0 aromatic rings. The van der Waals surface area contributed by atoms with Crippen molar-refractivity contribution in [2.45, 2.75) is 13.8 Å². The van der Waals surface area contributed by atoms with Gasteiger partial charge in [0.25, 0.3) is 0 Å². The van der Waals surface area contributed by atoms with Crippen molar-refractivity contribution in [3.63, 3.8) is 0 Å². The number of hydrogen-bond donors (Lipinski definition) is 1. The zero-order valence-corrected chi connectivity index (χ0v) is 4.43. The Balaban J connectivity index is 0. The zero-order valence-electron chi connectivity index (χ0n) is 4.43. The summed E-state index contributed by atoms with van der Waals surface area (Å²) in [5, 5.41) is 7.47. The second-order valence-corrected chi connectivity index (χ2v) is 0.374. The van der Waals surface area contributed by atoms with Gasteiger partial charge in [-0.25, -0.2) is 0 Å². The number of rotatable bonds is 0. The predicted molar refractivity (Wildman–Crippen MR) is 27.5 cm³/mol. The van der Waals surface area contributed by atoms with Crippen LogP contribution in [0.15, 0.2) is 0 Å². The van der Waals surface area contributed by atoms with Crippen LogP contribution in [0.5, 0.6) is 0 Å². The molecule has 0 aromatic carbocycles. The standard InChI is InChI=1S/C2HBO2.C2H6/c4-2-1-3-5;1-2/h4H;1-2H3. The summed E-state index contributed by atoms with van der Waals surface area (Å²) in [7, 11) is 0.319. The van der Waals surface area contributed by atoms with E-state index in [2.05, 4.69) is 0 Å². The Morgan fingerprint density at radius 1 is 1.57 bits per heavy atom. The summed E-state index contributed by atoms with van der Waals surface area (Å²) in [6.07, 6.45) is 1.40. The van der Waals surface area contributed by atoms with Gasteiger partial charge in [-0.1, -0.05) is 13.8 Å². The summed E-state index contributed by atoms with van der Waals surface area (Å²) < 4.78 is 9.07. The molecule has 0 aliphatic heterocycles. The van der Waals surface area contributed by atoms with E-state index < -0.39 is 0 Å². The molecule has 38 valence electrons. The second kappa shape index (κ2) is 18.8. The van der Waals surface area contributed by atoms with E-state index in [1.165, 1.54) is 6.11 Å². The van der Waals surface area contributed by atoms with Gasteiger partial charge in [0.1, 0.15) is 0 Å². The van der Waals surface area contributed by atoms with E-state index in [1.807, 2.05) is 13.8 Å². The van der Waals surface area contributed by atoms with Crippen molar-refractivity contribution in [1.29, 1.82) is 0 Å². The average molecular weight is 97.9 g/mol. The zero-order chi connectivity index (χ0) is 6.12. The first-order valence-electron chi connectivity index (χ1n) is 2.00. The molecule has 0 rings (SSSR count). The van der Waals surface area contributed by atoms with Crippen molar-refractivity contribution >= 4 is 7.15 Å². The van der Waals surface area contributed by atoms with Gasteiger partial charge in [0.15, 0.2) is 0 Å². The first kappa shape index (κ1) is 9.52. The SMILES string of the molecule is CC.O=BC#CO. The van der Waals surface area contributed by atoms with Gasteiger partial charge in [0.05, 0.1) is 0 Å². The Morgan fingerprint density at radius 3 is 2.00 bits per heavy atom. The Kier molecular flexibility index (Phi) is 25.6. The Labute approximate surface area is 43.8 Å². The molecule has 0 spiro atoms. The molecule has 3 heteroatoms. The van der Waals surface area contributed by atoms with E-state index >= 15 is 0 Å². The summed E-state index contributed by atoms with van der Waals surface area (Å²) in [5.41, 5.74) is 0. The van der Waals surface area contributed by atoms with E-state index in [0.717, 1.165) is 0 Å². The third-order valence-electron chi connectivity index (χ3n) is 0.123. The molecule has 0 aliphatic carbocycles. The van der Waals surface area contributed by atoms with Gasteiger partial charge in [-0.3, -0.25) is 0 Å². The van der Waals surface area contributed by atoms with Crippen LogP contribution in [0.1, 0.15) is 13.8 Å². The summed E-state index contributed by atoms with van der Waals surface area (Å²) in [5.74, 6) is 1.74. The maximum absolute atomic E-state index is 9.07. The van der Waals surface area contributed by atoms with E-state index in [-0.39, 0.29) is 0 Å². The number of aliphatic hydroxyl groups excluding tert-OH is 1. The molecule has 0 aliphatic rings. The molecule has 0 heterocycles. The normalized spacial score (nSPS) is 3.14. The maximum atomic E-state index is 9.07. The van der Waals surface area contributed by atoms with Crippen molar-refractivity contribution in [3.8, 4) is 11.9 Å². The fourth-order valence-corrected chi connectivity index (χ4v) is 0.0264. The first-order valence-corrected chi connectivity index (χ1v) is 2.00. The third-order valence-corrected chi connectivity index (χ3v) is 0.123. The molecule has 0 unspecified atom stereocenters. The monoisotopic (exact) mass is 98.1 g/mol. The van der Waals surface area contributed by atoms with Crippen molar-refractivity contribution < 1.29 is 9.81 Å². The van der Waals surface area contributed by atoms with Crippen LogP contribution >= 0.6 is 0 Å². The third kappa shape index (κ3) is 36.2. The van der Waals surface area contributed by atoms with Crippen LogP contribution in [0, 0.1) is 11.9 Å². The predicted octanol–water partition coefficient (Wildman–Crippen LogP) is 0.353. The molecular weight excluding hydrogens is 90.9 g/mol. The number of hydrogen-bond acceptors (Lipinski definition) is 2. The summed E-state index contributed by atoms with van der Waals surface area (Å²) in [6.45, 7) is 4.00. The number of aliphatic hydroxyl groups is 1. The van der Waals surface area contributed by atoms with E-state index in [1.54, 1.807) is 5.82 Å². The molecular formula is C4H7BO2. The molecule has 0 saturated heterocycles. The van der Waals surface area contributed by atoms with Gasteiger partial charge in [-0.15, -0.1) is 0 Å². The molecule has 0 fully saturated rings. The van der Waals surface area contributed by atoms with Crippen LogP contribution in [0.4, 0.5) is 0 Å². The van der Waals surface area contributed by atoms with Gasteiger partial charge in [0.2, 0.25) is 0 Å². The fraction of sp³-hybridized carbons (Fsp3) is 0.500. The fourth-order valence-electron chi connectivity index (χ4n) is 0.0264. The molecule has 0 aromatic heterocycles. The molecule has 0 atom stereocenters. The van der Waals surface area contributed by atoms with Gasteiger partial charge in [-0.05, 0) is 0 Å². The Bertz CT molecular complexity index is 79.4. The van der Waals surface area contributed by atoms with Crippen LogP contribution in [0.2, 0.25) is 0 Å². The first-order chi connectivity index (χ1) is 3.41. The van der Waals surface area contributed by atoms with Crippen LogP contribution in [0.25, 0.3) is 0 Å². The van der Waals surface area contributed by atoms with Crippen molar-refractivity contribution in [1.82, 2.24) is 0 Å². The minimum atomic E-state index is 0.319. The van der Waals surface area contributed by atoms with Gasteiger partial charge in [0, 0.05) is 0 Å². The Morgan fingerprint density at radius 2 is 2.00 bits per heavy atom. The summed E-state index contributed by atoms with van der Waals surface area (Å²) in [4.78, 5) is 0. The topological polar surface area (TPSA) is 37.3 Å². The summed E-state index contributed by atoms with van der Waals surface area (Å²) in [6, 6.07) is 0. The van der Waals surface area contributed by atoms with Crippen molar-refractivity contribution in [3.05, 3.63) is 0 Å². The van der Waals surface area contributed by atoms with E-state index in [9.17, 15) is 0 Å². The molecule has 2 nitrogen and oxygen atoms in total. The molecule has 0 amide bonds. The van der Waals surface area contributed by atoms with E-state index in [4.69, 9.17) is 9.81 Å². The van der Waals surface area contributed by atoms with E-state index in [0.29, 0.717) is 7.15 Å². The van der Waals surface area contributed by atoms with Gasteiger partial charge >= 0.3 is 28.9 Å². The molecule has 0 bridgehead atoms. The van der Waals surface area contributed by atoms with Crippen LogP contribution in [0.3, 0.4) is 0 Å². The molecule has 0 saturated carbocycles. The molecule has 0 radical (unpaired) electrons. The Hall–Kier alpha value is -0.775. The van der Waals surface area contributed by atoms with Crippen molar-refractivity contribution in [2.24, 2.45) is 0 Å². The van der Waals surface area contributed by atoms with Crippen LogP contribution in [-0.4, -0.2) is 12.3 Å². The second-order valence-electron chi connectivity index (χ2n) is 0.374. The quantitative estimate of drug-likeness (QED) is 0.350. The van der Waals surface area contributed by atoms with Gasteiger partial charge < -0.3 is 0 Å².